The maximum absolute atomic E-state index is 13.7. The number of benzene rings is 1. The lowest BCUT2D eigenvalue weighted by molar-refractivity contribution is -0.145. The molecule has 28 heavy (non-hydrogen) atoms. The van der Waals surface area contributed by atoms with Gasteiger partial charge in [0.15, 0.2) is 11.6 Å². The monoisotopic (exact) mass is 390 g/mol. The van der Waals surface area contributed by atoms with E-state index in [0.717, 1.165) is 37.3 Å². The Bertz CT molecular complexity index is 821. The van der Waals surface area contributed by atoms with Crippen molar-refractivity contribution in [1.82, 2.24) is 9.88 Å². The van der Waals surface area contributed by atoms with Crippen LogP contribution < -0.4 is 4.74 Å². The van der Waals surface area contributed by atoms with E-state index in [4.69, 9.17) is 13.9 Å². The first-order chi connectivity index (χ1) is 13.5. The highest BCUT2D eigenvalue weighted by molar-refractivity contribution is 5.70. The Morgan fingerprint density at radius 3 is 2.96 bits per heavy atom. The summed E-state index contributed by atoms with van der Waals surface area (Å²) in [7, 11) is 1.43. The Balaban J connectivity index is 1.76. The lowest BCUT2D eigenvalue weighted by atomic mass is 9.99. The molecule has 1 aromatic heterocycles. The van der Waals surface area contributed by atoms with Crippen molar-refractivity contribution in [3.63, 3.8) is 0 Å². The van der Waals surface area contributed by atoms with E-state index in [1.54, 1.807) is 12.1 Å². The van der Waals surface area contributed by atoms with E-state index in [-0.39, 0.29) is 17.8 Å². The number of hydrogen-bond donors (Lipinski definition) is 0. The fraction of sp³-hybridized carbons (Fsp3) is 0.524. The Labute approximate surface area is 164 Å². The van der Waals surface area contributed by atoms with Gasteiger partial charge in [0.25, 0.3) is 0 Å². The van der Waals surface area contributed by atoms with Crippen molar-refractivity contribution < 1.29 is 23.1 Å². The van der Waals surface area contributed by atoms with Crippen LogP contribution in [0.2, 0.25) is 0 Å². The molecule has 3 rings (SSSR count). The molecule has 0 radical (unpaired) electrons. The van der Waals surface area contributed by atoms with Crippen LogP contribution in [-0.4, -0.2) is 42.2 Å². The normalized spacial score (nSPS) is 17.5. The molecular weight excluding hydrogens is 363 g/mol. The molecule has 0 saturated carbocycles. The summed E-state index contributed by atoms with van der Waals surface area (Å²) < 4.78 is 29.6. The number of carbonyl (C=O) groups is 1. The molecule has 6 nitrogen and oxygen atoms in total. The number of aromatic nitrogens is 1. The number of hydrogen-bond acceptors (Lipinski definition) is 6. The summed E-state index contributed by atoms with van der Waals surface area (Å²) in [6.07, 6.45) is 3.57. The fourth-order valence-corrected chi connectivity index (χ4v) is 3.60. The molecule has 0 spiro atoms. The van der Waals surface area contributed by atoms with Gasteiger partial charge in [0.05, 0.1) is 25.8 Å². The van der Waals surface area contributed by atoms with Crippen LogP contribution in [0.4, 0.5) is 4.39 Å². The van der Waals surface area contributed by atoms with Crippen LogP contribution >= 0.6 is 0 Å². The minimum absolute atomic E-state index is 0.151. The summed E-state index contributed by atoms with van der Waals surface area (Å²) in [6, 6.07) is 4.69. The van der Waals surface area contributed by atoms with E-state index < -0.39 is 5.82 Å². The summed E-state index contributed by atoms with van der Waals surface area (Å²) >= 11 is 0. The molecule has 0 bridgehead atoms. The molecule has 1 aliphatic rings. The van der Waals surface area contributed by atoms with Crippen molar-refractivity contribution in [1.29, 1.82) is 0 Å². The molecule has 1 saturated heterocycles. The highest BCUT2D eigenvalue weighted by atomic mass is 19.1. The van der Waals surface area contributed by atoms with Gasteiger partial charge in [-0.25, -0.2) is 9.37 Å². The van der Waals surface area contributed by atoms with Crippen LogP contribution in [0, 0.1) is 12.7 Å². The summed E-state index contributed by atoms with van der Waals surface area (Å²) in [5.41, 5.74) is 1.49. The number of esters is 1. The van der Waals surface area contributed by atoms with Crippen LogP contribution in [0.3, 0.4) is 0 Å². The van der Waals surface area contributed by atoms with Gasteiger partial charge in [-0.2, -0.15) is 0 Å². The van der Waals surface area contributed by atoms with E-state index in [0.29, 0.717) is 31.0 Å². The summed E-state index contributed by atoms with van der Waals surface area (Å²) in [4.78, 5) is 18.8. The van der Waals surface area contributed by atoms with Gasteiger partial charge in [-0.1, -0.05) is 6.42 Å². The zero-order valence-electron chi connectivity index (χ0n) is 16.7. The second-order valence-corrected chi connectivity index (χ2v) is 7.00. The van der Waals surface area contributed by atoms with Gasteiger partial charge in [-0.05, 0) is 51.4 Å². The van der Waals surface area contributed by atoms with Crippen LogP contribution in [0.5, 0.6) is 5.75 Å². The smallest absolute Gasteiger partial charge is 0.307 e. The second-order valence-electron chi connectivity index (χ2n) is 7.00. The summed E-state index contributed by atoms with van der Waals surface area (Å²) in [6.45, 7) is 5.62. The molecule has 1 aliphatic heterocycles. The van der Waals surface area contributed by atoms with E-state index >= 15 is 0 Å². The first-order valence-electron chi connectivity index (χ1n) is 9.71. The zero-order chi connectivity index (χ0) is 20.1. The number of piperidine rings is 1. The fourth-order valence-electron chi connectivity index (χ4n) is 3.60. The predicted molar refractivity (Wildman–Crippen MR) is 102 cm³/mol. The van der Waals surface area contributed by atoms with E-state index in [2.05, 4.69) is 9.88 Å². The lowest BCUT2D eigenvalue weighted by Gasteiger charge is -2.34. The van der Waals surface area contributed by atoms with Crippen LogP contribution in [0.15, 0.2) is 22.6 Å². The number of aryl methyl sites for hydroxylation is 1. The molecule has 2 aromatic rings. The van der Waals surface area contributed by atoms with Crippen LogP contribution in [0.25, 0.3) is 11.5 Å². The molecule has 1 aromatic carbocycles. The van der Waals surface area contributed by atoms with Crippen molar-refractivity contribution in [2.75, 3.05) is 20.3 Å². The molecular formula is C21H27FN2O4. The van der Waals surface area contributed by atoms with Gasteiger partial charge in [0, 0.05) is 18.2 Å². The first kappa shape index (κ1) is 20.3. The van der Waals surface area contributed by atoms with E-state index in [9.17, 15) is 9.18 Å². The summed E-state index contributed by atoms with van der Waals surface area (Å²) in [5, 5.41) is 0. The van der Waals surface area contributed by atoms with Crippen molar-refractivity contribution in [2.45, 2.75) is 52.1 Å². The second kappa shape index (κ2) is 9.19. The topological polar surface area (TPSA) is 64.8 Å². The number of carbonyl (C=O) groups excluding carboxylic acids is 1. The number of methoxy groups -OCH3 is 1. The predicted octanol–water partition coefficient (Wildman–Crippen LogP) is 4.11. The lowest BCUT2D eigenvalue weighted by Crippen LogP contribution is -2.40. The van der Waals surface area contributed by atoms with Crippen molar-refractivity contribution >= 4 is 5.97 Å². The van der Waals surface area contributed by atoms with Gasteiger partial charge < -0.3 is 13.9 Å². The minimum atomic E-state index is -0.426. The molecule has 0 N–H and O–H groups in total. The van der Waals surface area contributed by atoms with Gasteiger partial charge in [-0.15, -0.1) is 0 Å². The molecule has 152 valence electrons. The first-order valence-corrected chi connectivity index (χ1v) is 9.71. The van der Waals surface area contributed by atoms with Gasteiger partial charge in [-0.3, -0.25) is 9.69 Å². The molecule has 1 atom stereocenters. The average molecular weight is 390 g/mol. The molecule has 0 amide bonds. The van der Waals surface area contributed by atoms with Gasteiger partial charge in [0.2, 0.25) is 5.89 Å². The number of halogens is 1. The van der Waals surface area contributed by atoms with E-state index in [1.807, 2.05) is 13.8 Å². The molecule has 0 aliphatic carbocycles. The number of likely N-dealkylation sites (tertiary alicyclic amines) is 1. The number of nitrogens with zero attached hydrogens (tertiary/aromatic N) is 2. The quantitative estimate of drug-likeness (QED) is 0.663. The Hall–Kier alpha value is -2.41. The third kappa shape index (κ3) is 4.70. The van der Waals surface area contributed by atoms with Crippen LogP contribution in [0.1, 0.15) is 44.1 Å². The van der Waals surface area contributed by atoms with Crippen molar-refractivity contribution in [3.8, 4) is 17.2 Å². The third-order valence-corrected chi connectivity index (χ3v) is 5.10. The number of ether oxygens (including phenoxy) is 2. The highest BCUT2D eigenvalue weighted by Gasteiger charge is 2.27. The molecule has 2 heterocycles. The molecule has 7 heteroatoms. The maximum Gasteiger partial charge on any atom is 0.307 e. The average Bonchev–Trinajstić information content (AvgIpc) is 3.04. The number of rotatable bonds is 7. The third-order valence-electron chi connectivity index (χ3n) is 5.10. The SMILES string of the molecule is CCOC(=O)C[C@@H]1CCCCN1Cc1nc(-c2ccc(F)c(OC)c2)oc1C. The Kier molecular flexibility index (Phi) is 6.67. The standard InChI is InChI=1S/C21H27FN2O4/c1-4-27-20(25)12-16-7-5-6-10-24(16)13-18-14(2)28-21(23-18)15-8-9-17(22)19(11-15)26-3/h8-9,11,16H,4-7,10,12-13H2,1-3H3/t16-/m0/s1. The van der Waals surface area contributed by atoms with Crippen LogP contribution in [-0.2, 0) is 16.1 Å². The molecule has 0 unspecified atom stereocenters. The minimum Gasteiger partial charge on any atom is -0.494 e. The maximum atomic E-state index is 13.7. The largest absolute Gasteiger partial charge is 0.494 e. The zero-order valence-corrected chi connectivity index (χ0v) is 16.7. The Morgan fingerprint density at radius 1 is 1.39 bits per heavy atom. The van der Waals surface area contributed by atoms with Crippen molar-refractivity contribution in [3.05, 3.63) is 35.5 Å². The Morgan fingerprint density at radius 2 is 2.21 bits per heavy atom. The number of oxazole rings is 1. The molecule has 1 fully saturated rings. The van der Waals surface area contributed by atoms with Gasteiger partial charge in [0.1, 0.15) is 5.76 Å². The highest BCUT2D eigenvalue weighted by Crippen LogP contribution is 2.29. The van der Waals surface area contributed by atoms with Crippen molar-refractivity contribution in [2.24, 2.45) is 0 Å². The summed E-state index contributed by atoms with van der Waals surface area (Å²) in [5.74, 6) is 0.726. The van der Waals surface area contributed by atoms with E-state index in [1.165, 1.54) is 13.2 Å². The van der Waals surface area contributed by atoms with Gasteiger partial charge >= 0.3 is 5.97 Å².